The summed E-state index contributed by atoms with van der Waals surface area (Å²) in [6.07, 6.45) is 1.30. The first-order valence-electron chi connectivity index (χ1n) is 8.96. The van der Waals surface area contributed by atoms with Crippen LogP contribution in [0.2, 0.25) is 0 Å². The Kier molecular flexibility index (Phi) is 6.23. The summed E-state index contributed by atoms with van der Waals surface area (Å²) in [5.74, 6) is -1.15. The Bertz CT molecular complexity index is 847. The van der Waals surface area contributed by atoms with Crippen LogP contribution in [0.5, 0.6) is 0 Å². The minimum absolute atomic E-state index is 0.000865. The molecule has 1 aliphatic rings. The van der Waals surface area contributed by atoms with Crippen molar-refractivity contribution in [3.8, 4) is 0 Å². The first kappa shape index (κ1) is 19.8. The van der Waals surface area contributed by atoms with Crippen LogP contribution < -0.4 is 10.2 Å². The van der Waals surface area contributed by atoms with Crippen LogP contribution >= 0.6 is 0 Å². The minimum atomic E-state index is -1.12. The van der Waals surface area contributed by atoms with Crippen molar-refractivity contribution in [1.82, 2.24) is 4.98 Å². The number of aromatic carboxylic acids is 1. The third-order valence-corrected chi connectivity index (χ3v) is 4.39. The number of carbonyl (C=O) groups excluding carboxylic acids is 1. The predicted molar refractivity (Wildman–Crippen MR) is 104 cm³/mol. The second kappa shape index (κ2) is 8.81. The van der Waals surface area contributed by atoms with Gasteiger partial charge in [-0.1, -0.05) is 17.7 Å². The lowest BCUT2D eigenvalue weighted by Crippen LogP contribution is -2.39. The number of carboxylic acids is 1. The predicted octanol–water partition coefficient (Wildman–Crippen LogP) is 2.19. The Hall–Kier alpha value is -2.97. The maximum atomic E-state index is 12.4. The summed E-state index contributed by atoms with van der Waals surface area (Å²) in [5.41, 5.74) is 1.85. The van der Waals surface area contributed by atoms with E-state index in [1.807, 2.05) is 19.1 Å². The number of benzene rings is 1. The van der Waals surface area contributed by atoms with Crippen molar-refractivity contribution in [2.75, 3.05) is 43.6 Å². The second-order valence-electron chi connectivity index (χ2n) is 6.67. The van der Waals surface area contributed by atoms with Gasteiger partial charge < -0.3 is 24.8 Å². The van der Waals surface area contributed by atoms with Crippen LogP contribution in [0.1, 0.15) is 26.3 Å². The molecule has 3 rings (SSSR count). The highest BCUT2D eigenvalue weighted by atomic mass is 16.6. The smallest absolute Gasteiger partial charge is 0.339 e. The zero-order chi connectivity index (χ0) is 20.1. The molecule has 28 heavy (non-hydrogen) atoms. The van der Waals surface area contributed by atoms with Crippen molar-refractivity contribution in [2.45, 2.75) is 13.0 Å². The Labute approximate surface area is 163 Å². The summed E-state index contributed by atoms with van der Waals surface area (Å²) in [6, 6.07) is 8.51. The molecule has 1 saturated heterocycles. The van der Waals surface area contributed by atoms with E-state index in [9.17, 15) is 14.7 Å². The lowest BCUT2D eigenvalue weighted by Gasteiger charge is -2.28. The summed E-state index contributed by atoms with van der Waals surface area (Å²) in [5, 5.41) is 12.3. The van der Waals surface area contributed by atoms with Gasteiger partial charge in [0.15, 0.2) is 0 Å². The number of carboxylic acid groups (broad SMARTS) is 1. The number of aromatic nitrogens is 1. The Morgan fingerprint density at radius 3 is 2.68 bits per heavy atom. The lowest BCUT2D eigenvalue weighted by molar-refractivity contribution is -0.0837. The molecule has 8 nitrogen and oxygen atoms in total. The van der Waals surface area contributed by atoms with E-state index in [1.165, 1.54) is 12.3 Å². The Balaban J connectivity index is 1.75. The standard InChI is InChI=1S/C20H23N3O5/c1-13-3-5-14(6-4-13)19(24)22-15-9-17(20(25)26)18(21-10-15)23(2)11-16-12-27-7-8-28-16/h3-6,9-10,16H,7-8,11-12H2,1-2H3,(H,22,24)(H,25,26)/t16-/m0/s1. The molecule has 1 aromatic carbocycles. The summed E-state index contributed by atoms with van der Waals surface area (Å²) in [6.45, 7) is 3.92. The van der Waals surface area contributed by atoms with Gasteiger partial charge in [-0.3, -0.25) is 4.79 Å². The summed E-state index contributed by atoms with van der Waals surface area (Å²) in [7, 11) is 1.75. The average molecular weight is 385 g/mol. The van der Waals surface area contributed by atoms with E-state index in [0.29, 0.717) is 43.4 Å². The van der Waals surface area contributed by atoms with Gasteiger partial charge >= 0.3 is 5.97 Å². The highest BCUT2D eigenvalue weighted by Gasteiger charge is 2.22. The topological polar surface area (TPSA) is 101 Å². The highest BCUT2D eigenvalue weighted by molar-refractivity contribution is 6.05. The molecule has 0 saturated carbocycles. The molecular formula is C20H23N3O5. The van der Waals surface area contributed by atoms with Crippen molar-refractivity contribution >= 4 is 23.4 Å². The molecule has 1 atom stereocenters. The van der Waals surface area contributed by atoms with Crippen LogP contribution in [-0.2, 0) is 9.47 Å². The van der Waals surface area contributed by atoms with Crippen LogP contribution in [0.3, 0.4) is 0 Å². The third-order valence-electron chi connectivity index (χ3n) is 4.39. The molecule has 8 heteroatoms. The number of hydrogen-bond donors (Lipinski definition) is 2. The molecular weight excluding hydrogens is 362 g/mol. The summed E-state index contributed by atoms with van der Waals surface area (Å²) < 4.78 is 11.0. The SMILES string of the molecule is Cc1ccc(C(=O)Nc2cnc(N(C)C[C@H]3COCCO3)c(C(=O)O)c2)cc1. The van der Waals surface area contributed by atoms with Gasteiger partial charge in [0.05, 0.1) is 37.8 Å². The van der Waals surface area contributed by atoms with Gasteiger partial charge in [0.25, 0.3) is 5.91 Å². The average Bonchev–Trinajstić information content (AvgIpc) is 2.69. The van der Waals surface area contributed by atoms with E-state index >= 15 is 0 Å². The van der Waals surface area contributed by atoms with Crippen molar-refractivity contribution in [3.05, 3.63) is 53.2 Å². The van der Waals surface area contributed by atoms with E-state index in [-0.39, 0.29) is 17.6 Å². The number of carbonyl (C=O) groups is 2. The molecule has 148 valence electrons. The molecule has 0 aliphatic carbocycles. The maximum Gasteiger partial charge on any atom is 0.339 e. The van der Waals surface area contributed by atoms with Crippen molar-refractivity contribution in [3.63, 3.8) is 0 Å². The van der Waals surface area contributed by atoms with E-state index in [4.69, 9.17) is 9.47 Å². The number of ether oxygens (including phenoxy) is 2. The number of aryl methyl sites for hydroxylation is 1. The van der Waals surface area contributed by atoms with E-state index in [1.54, 1.807) is 24.1 Å². The fraction of sp³-hybridized carbons (Fsp3) is 0.350. The van der Waals surface area contributed by atoms with Gasteiger partial charge in [-0.2, -0.15) is 0 Å². The van der Waals surface area contributed by atoms with Crippen molar-refractivity contribution < 1.29 is 24.2 Å². The third kappa shape index (κ3) is 4.85. The first-order valence-corrected chi connectivity index (χ1v) is 8.96. The normalized spacial score (nSPS) is 16.4. The molecule has 0 bridgehead atoms. The Morgan fingerprint density at radius 1 is 1.29 bits per heavy atom. The highest BCUT2D eigenvalue weighted by Crippen LogP contribution is 2.22. The number of amides is 1. The van der Waals surface area contributed by atoms with Gasteiger partial charge in [0, 0.05) is 19.2 Å². The van der Waals surface area contributed by atoms with Gasteiger partial charge in [0.1, 0.15) is 11.4 Å². The number of nitrogens with one attached hydrogen (secondary N) is 1. The van der Waals surface area contributed by atoms with Gasteiger partial charge in [-0.05, 0) is 25.1 Å². The number of hydrogen-bond acceptors (Lipinski definition) is 6. The van der Waals surface area contributed by atoms with Crippen LogP contribution in [0, 0.1) is 6.92 Å². The molecule has 1 aliphatic heterocycles. The number of likely N-dealkylation sites (N-methyl/N-ethyl adjacent to an activating group) is 1. The summed E-state index contributed by atoms with van der Waals surface area (Å²) >= 11 is 0. The monoisotopic (exact) mass is 385 g/mol. The molecule has 0 spiro atoms. The van der Waals surface area contributed by atoms with Crippen LogP contribution in [0.4, 0.5) is 11.5 Å². The molecule has 1 aromatic heterocycles. The molecule has 0 unspecified atom stereocenters. The molecule has 1 amide bonds. The fourth-order valence-electron chi connectivity index (χ4n) is 2.93. The second-order valence-corrected chi connectivity index (χ2v) is 6.67. The van der Waals surface area contributed by atoms with Gasteiger partial charge in [-0.25, -0.2) is 9.78 Å². The number of pyridine rings is 1. The van der Waals surface area contributed by atoms with E-state index in [0.717, 1.165) is 5.56 Å². The van der Waals surface area contributed by atoms with Crippen LogP contribution in [0.15, 0.2) is 36.5 Å². The molecule has 2 N–H and O–H groups in total. The largest absolute Gasteiger partial charge is 0.478 e. The minimum Gasteiger partial charge on any atom is -0.478 e. The van der Waals surface area contributed by atoms with Gasteiger partial charge in [-0.15, -0.1) is 0 Å². The maximum absolute atomic E-state index is 12.4. The zero-order valence-corrected chi connectivity index (χ0v) is 15.8. The van der Waals surface area contributed by atoms with E-state index < -0.39 is 5.97 Å². The Morgan fingerprint density at radius 2 is 2.04 bits per heavy atom. The number of nitrogens with zero attached hydrogens (tertiary/aromatic N) is 2. The molecule has 0 radical (unpaired) electrons. The summed E-state index contributed by atoms with van der Waals surface area (Å²) in [4.78, 5) is 30.1. The van der Waals surface area contributed by atoms with Crippen molar-refractivity contribution in [1.29, 1.82) is 0 Å². The molecule has 2 aromatic rings. The van der Waals surface area contributed by atoms with Crippen LogP contribution in [-0.4, -0.2) is 61.5 Å². The molecule has 2 heterocycles. The fourth-order valence-corrected chi connectivity index (χ4v) is 2.93. The van der Waals surface area contributed by atoms with E-state index in [2.05, 4.69) is 10.3 Å². The van der Waals surface area contributed by atoms with Crippen LogP contribution in [0.25, 0.3) is 0 Å². The number of anilines is 2. The quantitative estimate of drug-likeness (QED) is 0.786. The lowest BCUT2D eigenvalue weighted by atomic mass is 10.1. The molecule has 1 fully saturated rings. The van der Waals surface area contributed by atoms with Crippen molar-refractivity contribution in [2.24, 2.45) is 0 Å². The number of rotatable bonds is 6. The van der Waals surface area contributed by atoms with Gasteiger partial charge in [0.2, 0.25) is 0 Å². The zero-order valence-electron chi connectivity index (χ0n) is 15.8. The first-order chi connectivity index (χ1) is 13.4.